The van der Waals surface area contributed by atoms with E-state index in [-0.39, 0.29) is 17.6 Å². The number of ether oxygens (including phenoxy) is 2. The topological polar surface area (TPSA) is 64.6 Å². The van der Waals surface area contributed by atoms with Gasteiger partial charge in [0.2, 0.25) is 0 Å². The molecule has 0 aromatic heterocycles. The van der Waals surface area contributed by atoms with Gasteiger partial charge in [-0.05, 0) is 30.7 Å². The van der Waals surface area contributed by atoms with Crippen LogP contribution in [0.15, 0.2) is 18.2 Å². The molecule has 0 radical (unpaired) electrons. The lowest BCUT2D eigenvalue weighted by Crippen LogP contribution is -2.18. The Hall–Kier alpha value is -1.27. The average molecular weight is 299 g/mol. The van der Waals surface area contributed by atoms with E-state index in [1.165, 1.54) is 0 Å². The molecule has 2 rings (SSSR count). The molecule has 1 aromatic rings. The Morgan fingerprint density at radius 1 is 1.35 bits per heavy atom. The lowest BCUT2D eigenvalue weighted by Gasteiger charge is -2.16. The van der Waals surface area contributed by atoms with E-state index < -0.39 is 9.84 Å². The summed E-state index contributed by atoms with van der Waals surface area (Å²) in [4.78, 5) is 0. The summed E-state index contributed by atoms with van der Waals surface area (Å²) in [7, 11) is -1.34. The van der Waals surface area contributed by atoms with Crippen molar-refractivity contribution in [1.29, 1.82) is 0 Å². The highest BCUT2D eigenvalue weighted by atomic mass is 32.2. The number of rotatable bonds is 6. The molecule has 1 aliphatic heterocycles. The molecule has 1 unspecified atom stereocenters. The van der Waals surface area contributed by atoms with Crippen LogP contribution in [0.25, 0.3) is 0 Å². The summed E-state index contributed by atoms with van der Waals surface area (Å²) in [6.07, 6.45) is 0.276. The van der Waals surface area contributed by atoms with Gasteiger partial charge in [0, 0.05) is 6.54 Å². The summed E-state index contributed by atoms with van der Waals surface area (Å²) >= 11 is 0. The van der Waals surface area contributed by atoms with E-state index in [0.29, 0.717) is 17.9 Å². The van der Waals surface area contributed by atoms with Crippen LogP contribution in [-0.2, 0) is 16.4 Å². The van der Waals surface area contributed by atoms with Crippen LogP contribution >= 0.6 is 0 Å². The number of nitrogens with one attached hydrogen (secondary N) is 1. The zero-order valence-electron chi connectivity index (χ0n) is 11.9. The van der Waals surface area contributed by atoms with Gasteiger partial charge in [-0.1, -0.05) is 13.0 Å². The summed E-state index contributed by atoms with van der Waals surface area (Å²) in [5, 5.41) is 3.24. The maximum atomic E-state index is 11.4. The molecule has 1 fully saturated rings. The number of hydrogen-bond acceptors (Lipinski definition) is 5. The molecule has 0 bridgehead atoms. The molecule has 0 spiro atoms. The van der Waals surface area contributed by atoms with Crippen molar-refractivity contribution >= 4 is 9.84 Å². The van der Waals surface area contributed by atoms with Crippen LogP contribution in [0.4, 0.5) is 0 Å². The van der Waals surface area contributed by atoms with Gasteiger partial charge in [-0.25, -0.2) is 8.42 Å². The van der Waals surface area contributed by atoms with Crippen LogP contribution in [0, 0.1) is 0 Å². The normalized spacial score (nSPS) is 20.8. The fraction of sp³-hybridized carbons (Fsp3) is 0.571. The monoisotopic (exact) mass is 299 g/mol. The Labute approximate surface area is 120 Å². The Balaban J connectivity index is 2.08. The first-order valence-corrected chi connectivity index (χ1v) is 8.61. The van der Waals surface area contributed by atoms with Crippen LogP contribution < -0.4 is 14.8 Å². The summed E-state index contributed by atoms with van der Waals surface area (Å²) in [5.41, 5.74) is 1.11. The van der Waals surface area contributed by atoms with Gasteiger partial charge >= 0.3 is 0 Å². The zero-order valence-corrected chi connectivity index (χ0v) is 12.7. The van der Waals surface area contributed by atoms with Gasteiger partial charge in [0.15, 0.2) is 21.3 Å². The number of sulfone groups is 1. The van der Waals surface area contributed by atoms with E-state index in [2.05, 4.69) is 12.2 Å². The molecule has 1 aromatic carbocycles. The van der Waals surface area contributed by atoms with Crippen molar-refractivity contribution in [3.8, 4) is 11.5 Å². The summed E-state index contributed by atoms with van der Waals surface area (Å²) in [6.45, 7) is 3.72. The van der Waals surface area contributed by atoms with Gasteiger partial charge in [0.25, 0.3) is 0 Å². The van der Waals surface area contributed by atoms with Gasteiger partial charge in [-0.3, -0.25) is 0 Å². The maximum absolute atomic E-state index is 11.4. The number of hydrogen-bond donors (Lipinski definition) is 1. The predicted molar refractivity (Wildman–Crippen MR) is 78.1 cm³/mol. The van der Waals surface area contributed by atoms with E-state index in [1.54, 1.807) is 7.11 Å². The molecule has 1 atom stereocenters. The molecule has 0 amide bonds. The van der Waals surface area contributed by atoms with Gasteiger partial charge < -0.3 is 14.8 Å². The second-order valence-electron chi connectivity index (χ2n) is 4.91. The summed E-state index contributed by atoms with van der Waals surface area (Å²) in [5.74, 6) is 1.55. The van der Waals surface area contributed by atoms with Gasteiger partial charge in [-0.15, -0.1) is 0 Å². The zero-order chi connectivity index (χ0) is 14.6. The Kier molecular flexibility index (Phi) is 4.88. The third-order valence-corrected chi connectivity index (χ3v) is 5.03. The smallest absolute Gasteiger partial charge is 0.161 e. The van der Waals surface area contributed by atoms with Crippen LogP contribution in [0.2, 0.25) is 0 Å². The van der Waals surface area contributed by atoms with Gasteiger partial charge in [-0.2, -0.15) is 0 Å². The number of benzene rings is 1. The molecule has 1 saturated heterocycles. The number of methoxy groups -OCH3 is 1. The largest absolute Gasteiger partial charge is 0.493 e. The van der Waals surface area contributed by atoms with Crippen molar-refractivity contribution in [2.75, 3.05) is 25.2 Å². The third-order valence-electron chi connectivity index (χ3n) is 3.29. The van der Waals surface area contributed by atoms with Crippen LogP contribution in [0.1, 0.15) is 18.9 Å². The van der Waals surface area contributed by atoms with Crippen molar-refractivity contribution in [2.24, 2.45) is 0 Å². The highest BCUT2D eigenvalue weighted by Gasteiger charge is 2.30. The first-order valence-electron chi connectivity index (χ1n) is 6.79. The van der Waals surface area contributed by atoms with Crippen LogP contribution in [0.3, 0.4) is 0 Å². The predicted octanol–water partition coefficient (Wildman–Crippen LogP) is 1.37. The van der Waals surface area contributed by atoms with E-state index in [4.69, 9.17) is 9.47 Å². The quantitative estimate of drug-likeness (QED) is 0.859. The molecule has 0 saturated carbocycles. The highest BCUT2D eigenvalue weighted by molar-refractivity contribution is 7.91. The summed E-state index contributed by atoms with van der Waals surface area (Å²) in [6, 6.07) is 5.72. The van der Waals surface area contributed by atoms with E-state index in [9.17, 15) is 8.42 Å². The molecule has 1 heterocycles. The fourth-order valence-corrected chi connectivity index (χ4v) is 3.81. The Morgan fingerprint density at radius 3 is 2.75 bits per heavy atom. The highest BCUT2D eigenvalue weighted by Crippen LogP contribution is 2.30. The minimum atomic E-state index is -2.93. The molecule has 112 valence electrons. The minimum absolute atomic E-state index is 0.0926. The lowest BCUT2D eigenvalue weighted by atomic mass is 10.2. The minimum Gasteiger partial charge on any atom is -0.493 e. The standard InChI is InChI=1S/C14H21NO4S/c1-3-15-9-11-4-5-13(14(8-11)18-2)19-12-6-7-20(16,17)10-12/h4-5,8,12,15H,3,6-7,9-10H2,1-2H3. The first kappa shape index (κ1) is 15.1. The lowest BCUT2D eigenvalue weighted by molar-refractivity contribution is 0.218. The van der Waals surface area contributed by atoms with E-state index in [0.717, 1.165) is 18.7 Å². The molecular weight excluding hydrogens is 278 g/mol. The molecular formula is C14H21NO4S. The van der Waals surface area contributed by atoms with E-state index >= 15 is 0 Å². The summed E-state index contributed by atoms with van der Waals surface area (Å²) < 4.78 is 34.0. The average Bonchev–Trinajstić information content (AvgIpc) is 2.76. The Morgan fingerprint density at radius 2 is 2.15 bits per heavy atom. The van der Waals surface area contributed by atoms with Gasteiger partial charge in [0.05, 0.1) is 18.6 Å². The second-order valence-corrected chi connectivity index (χ2v) is 7.14. The van der Waals surface area contributed by atoms with Crippen molar-refractivity contribution in [3.05, 3.63) is 23.8 Å². The van der Waals surface area contributed by atoms with E-state index in [1.807, 2.05) is 18.2 Å². The van der Waals surface area contributed by atoms with Crippen molar-refractivity contribution < 1.29 is 17.9 Å². The van der Waals surface area contributed by atoms with Crippen LogP contribution in [-0.4, -0.2) is 39.7 Å². The van der Waals surface area contributed by atoms with Crippen molar-refractivity contribution in [3.63, 3.8) is 0 Å². The van der Waals surface area contributed by atoms with Gasteiger partial charge in [0.1, 0.15) is 6.10 Å². The fourth-order valence-electron chi connectivity index (χ4n) is 2.22. The van der Waals surface area contributed by atoms with Crippen molar-refractivity contribution in [1.82, 2.24) is 5.32 Å². The molecule has 1 aliphatic rings. The first-order chi connectivity index (χ1) is 9.54. The van der Waals surface area contributed by atoms with Crippen LogP contribution in [0.5, 0.6) is 11.5 Å². The third kappa shape index (κ3) is 3.86. The molecule has 20 heavy (non-hydrogen) atoms. The van der Waals surface area contributed by atoms with Crippen molar-refractivity contribution in [2.45, 2.75) is 26.0 Å². The molecule has 5 nitrogen and oxygen atoms in total. The molecule has 0 aliphatic carbocycles. The Bertz CT molecular complexity index is 556. The SMILES string of the molecule is CCNCc1ccc(OC2CCS(=O)(=O)C2)c(OC)c1. The molecule has 6 heteroatoms. The maximum Gasteiger partial charge on any atom is 0.161 e. The molecule has 1 N–H and O–H groups in total. The second kappa shape index (κ2) is 6.45.